The number of aromatic amines is 1. The lowest BCUT2D eigenvalue weighted by Gasteiger charge is -2.22. The highest BCUT2D eigenvalue weighted by atomic mass is 35.5. The van der Waals surface area contributed by atoms with Crippen molar-refractivity contribution in [2.75, 3.05) is 11.9 Å². The van der Waals surface area contributed by atoms with Gasteiger partial charge in [0, 0.05) is 41.8 Å². The van der Waals surface area contributed by atoms with Crippen molar-refractivity contribution in [1.29, 1.82) is 0 Å². The van der Waals surface area contributed by atoms with Crippen LogP contribution in [0.5, 0.6) is 0 Å². The quantitative estimate of drug-likeness (QED) is 0.895. The van der Waals surface area contributed by atoms with E-state index in [2.05, 4.69) is 10.3 Å². The molecule has 0 unspecified atom stereocenters. The topological polar surface area (TPSA) is 48.1 Å². The number of nitrogens with zero attached hydrogens (tertiary/aromatic N) is 1. The van der Waals surface area contributed by atoms with Crippen LogP contribution in [0.4, 0.5) is 5.69 Å². The van der Waals surface area contributed by atoms with Crippen LogP contribution < -0.4 is 10.2 Å². The summed E-state index contributed by atoms with van der Waals surface area (Å²) in [6.45, 7) is 4.69. The Kier molecular flexibility index (Phi) is 3.51. The van der Waals surface area contributed by atoms with Gasteiger partial charge >= 0.3 is 0 Å². The highest BCUT2D eigenvalue weighted by molar-refractivity contribution is 6.31. The number of hydrogen-bond donors (Lipinski definition) is 2. The second-order valence-electron chi connectivity index (χ2n) is 5.49. The fourth-order valence-corrected chi connectivity index (χ4v) is 2.88. The van der Waals surface area contributed by atoms with Crippen molar-refractivity contribution in [3.63, 3.8) is 0 Å². The lowest BCUT2D eigenvalue weighted by Crippen LogP contribution is -2.35. The van der Waals surface area contributed by atoms with Gasteiger partial charge in [0.15, 0.2) is 0 Å². The smallest absolute Gasteiger partial charge is 0.248 e. The van der Waals surface area contributed by atoms with Crippen LogP contribution in [0.25, 0.3) is 0 Å². The Labute approximate surface area is 129 Å². The zero-order valence-corrected chi connectivity index (χ0v) is 13.1. The molecule has 0 saturated carbocycles. The maximum absolute atomic E-state index is 12.7. The molecule has 4 nitrogen and oxygen atoms in total. The Morgan fingerprint density at radius 1 is 1.38 bits per heavy atom. The standard InChI is InChI=1S/C16H18ClN3O/c1-9-6-11(4-5-14(9)17)20(3)16(21)15-13-8-18-10(2)12(13)7-19-15/h4-6,8,15,18-19H,7H2,1-3H3/t15-/m0/s1. The van der Waals surface area contributed by atoms with Crippen LogP contribution >= 0.6 is 11.6 Å². The van der Waals surface area contributed by atoms with Gasteiger partial charge in [-0.3, -0.25) is 10.1 Å². The van der Waals surface area contributed by atoms with Gasteiger partial charge in [0.25, 0.3) is 0 Å². The Bertz CT molecular complexity index is 708. The van der Waals surface area contributed by atoms with Crippen LogP contribution in [0, 0.1) is 13.8 Å². The summed E-state index contributed by atoms with van der Waals surface area (Å²) in [7, 11) is 1.80. The number of likely N-dealkylation sites (N-methyl/N-ethyl adjacent to an activating group) is 1. The molecule has 0 aliphatic carbocycles. The molecular formula is C16H18ClN3O. The van der Waals surface area contributed by atoms with Gasteiger partial charge in [-0.15, -0.1) is 0 Å². The van der Waals surface area contributed by atoms with Gasteiger partial charge in [-0.1, -0.05) is 11.6 Å². The maximum atomic E-state index is 12.7. The number of anilines is 1. The predicted molar refractivity (Wildman–Crippen MR) is 84.7 cm³/mol. The molecule has 0 saturated heterocycles. The largest absolute Gasteiger partial charge is 0.365 e. The number of H-pyrrole nitrogens is 1. The molecule has 1 aliphatic heterocycles. The zero-order chi connectivity index (χ0) is 15.1. The highest BCUT2D eigenvalue weighted by Crippen LogP contribution is 2.30. The van der Waals surface area contributed by atoms with Crippen molar-refractivity contribution in [2.24, 2.45) is 0 Å². The Morgan fingerprint density at radius 3 is 2.86 bits per heavy atom. The molecule has 1 aromatic heterocycles. The van der Waals surface area contributed by atoms with Crippen molar-refractivity contribution >= 4 is 23.2 Å². The molecule has 5 heteroatoms. The molecule has 1 atom stereocenters. The molecule has 2 heterocycles. The minimum absolute atomic E-state index is 0.0365. The first kappa shape index (κ1) is 14.2. The molecule has 2 N–H and O–H groups in total. The van der Waals surface area contributed by atoms with Crippen LogP contribution in [0.2, 0.25) is 5.02 Å². The number of carbonyl (C=O) groups excluding carboxylic acids is 1. The molecule has 0 spiro atoms. The normalized spacial score (nSPS) is 16.9. The lowest BCUT2D eigenvalue weighted by molar-refractivity contribution is -0.120. The summed E-state index contributed by atoms with van der Waals surface area (Å²) in [4.78, 5) is 17.6. The summed E-state index contributed by atoms with van der Waals surface area (Å²) >= 11 is 6.04. The molecule has 3 rings (SSSR count). The third-order valence-electron chi connectivity index (χ3n) is 4.15. The third-order valence-corrected chi connectivity index (χ3v) is 4.57. The maximum Gasteiger partial charge on any atom is 0.248 e. The summed E-state index contributed by atoms with van der Waals surface area (Å²) < 4.78 is 0. The molecule has 21 heavy (non-hydrogen) atoms. The fourth-order valence-electron chi connectivity index (χ4n) is 2.76. The van der Waals surface area contributed by atoms with E-state index in [0.717, 1.165) is 29.1 Å². The summed E-state index contributed by atoms with van der Waals surface area (Å²) in [6.07, 6.45) is 1.92. The molecule has 1 aromatic carbocycles. The van der Waals surface area contributed by atoms with E-state index in [1.165, 1.54) is 5.56 Å². The van der Waals surface area contributed by atoms with Crippen molar-refractivity contribution in [2.45, 2.75) is 26.4 Å². The second-order valence-corrected chi connectivity index (χ2v) is 5.90. The van der Waals surface area contributed by atoms with Crippen LogP contribution in [0.3, 0.4) is 0 Å². The first-order valence-corrected chi connectivity index (χ1v) is 7.30. The monoisotopic (exact) mass is 303 g/mol. The van der Waals surface area contributed by atoms with Crippen LogP contribution in [0.15, 0.2) is 24.4 Å². The number of amides is 1. The van der Waals surface area contributed by atoms with Gasteiger partial charge in [0.2, 0.25) is 5.91 Å². The first-order valence-electron chi connectivity index (χ1n) is 6.93. The molecular weight excluding hydrogens is 286 g/mol. The number of carbonyl (C=O) groups is 1. The molecule has 1 aliphatic rings. The van der Waals surface area contributed by atoms with Crippen LogP contribution in [0.1, 0.15) is 28.4 Å². The summed E-state index contributed by atoms with van der Waals surface area (Å²) in [6, 6.07) is 5.33. The Morgan fingerprint density at radius 2 is 2.14 bits per heavy atom. The highest BCUT2D eigenvalue weighted by Gasteiger charge is 2.32. The second kappa shape index (κ2) is 5.20. The molecule has 2 aromatic rings. The minimum Gasteiger partial charge on any atom is -0.365 e. The van der Waals surface area contributed by atoms with E-state index in [4.69, 9.17) is 11.6 Å². The summed E-state index contributed by atoms with van der Waals surface area (Å²) in [5.41, 5.74) is 5.19. The minimum atomic E-state index is -0.286. The van der Waals surface area contributed by atoms with E-state index in [1.54, 1.807) is 11.9 Å². The van der Waals surface area contributed by atoms with Crippen molar-refractivity contribution in [1.82, 2.24) is 10.3 Å². The predicted octanol–water partition coefficient (Wildman–Crippen LogP) is 3.09. The van der Waals surface area contributed by atoms with Crippen LogP contribution in [-0.2, 0) is 11.3 Å². The number of halogens is 1. The van der Waals surface area contributed by atoms with E-state index >= 15 is 0 Å². The number of benzene rings is 1. The number of hydrogen-bond acceptors (Lipinski definition) is 2. The van der Waals surface area contributed by atoms with Gasteiger partial charge in [0.05, 0.1) is 0 Å². The van der Waals surface area contributed by atoms with E-state index in [-0.39, 0.29) is 11.9 Å². The zero-order valence-electron chi connectivity index (χ0n) is 12.3. The van der Waals surface area contributed by atoms with E-state index in [0.29, 0.717) is 5.02 Å². The molecule has 0 bridgehead atoms. The first-order chi connectivity index (χ1) is 9.99. The van der Waals surface area contributed by atoms with Gasteiger partial charge in [-0.05, 0) is 43.2 Å². The number of aryl methyl sites for hydroxylation is 2. The Balaban J connectivity index is 1.87. The average molecular weight is 304 g/mol. The molecule has 110 valence electrons. The van der Waals surface area contributed by atoms with E-state index in [1.807, 2.05) is 38.2 Å². The SMILES string of the molecule is Cc1cc(N(C)C(=O)[C@H]2NCc3c2c[nH]c3C)ccc1Cl. The number of aromatic nitrogens is 1. The fraction of sp³-hybridized carbons (Fsp3) is 0.312. The van der Waals surface area contributed by atoms with Crippen LogP contribution in [-0.4, -0.2) is 17.9 Å². The van der Waals surface area contributed by atoms with Crippen molar-refractivity contribution in [3.8, 4) is 0 Å². The number of fused-ring (bicyclic) bond motifs is 1. The molecule has 1 amide bonds. The van der Waals surface area contributed by atoms with Gasteiger partial charge < -0.3 is 9.88 Å². The number of nitrogens with one attached hydrogen (secondary N) is 2. The third kappa shape index (κ3) is 2.34. The van der Waals surface area contributed by atoms with E-state index < -0.39 is 0 Å². The van der Waals surface area contributed by atoms with Crippen molar-refractivity contribution < 1.29 is 4.79 Å². The van der Waals surface area contributed by atoms with Gasteiger partial charge in [0.1, 0.15) is 6.04 Å². The molecule has 0 radical (unpaired) electrons. The molecule has 0 fully saturated rings. The Hall–Kier alpha value is -1.78. The van der Waals surface area contributed by atoms with Gasteiger partial charge in [-0.25, -0.2) is 0 Å². The van der Waals surface area contributed by atoms with Crippen molar-refractivity contribution in [3.05, 3.63) is 51.8 Å². The number of rotatable bonds is 2. The van der Waals surface area contributed by atoms with Gasteiger partial charge in [-0.2, -0.15) is 0 Å². The summed E-state index contributed by atoms with van der Waals surface area (Å²) in [5.74, 6) is 0.0365. The lowest BCUT2D eigenvalue weighted by atomic mass is 10.1. The average Bonchev–Trinajstić information content (AvgIpc) is 3.04. The summed E-state index contributed by atoms with van der Waals surface area (Å²) in [5, 5.41) is 3.99. The van der Waals surface area contributed by atoms with E-state index in [9.17, 15) is 4.79 Å².